The van der Waals surface area contributed by atoms with Gasteiger partial charge in [0.15, 0.2) is 17.4 Å². The first-order valence-corrected chi connectivity index (χ1v) is 8.01. The summed E-state index contributed by atoms with van der Waals surface area (Å²) in [6, 6.07) is 2.85. The summed E-state index contributed by atoms with van der Waals surface area (Å²) in [7, 11) is 0. The SMILES string of the molecule is Fc1ccc(-n2cc(COc3ncc(F)c(COC(F)F)n3)nn2)cc1OC(F)F. The Balaban J connectivity index is 1.67. The largest absolute Gasteiger partial charge is 0.457 e. The maximum Gasteiger partial charge on any atom is 0.387 e. The molecule has 0 saturated carbocycles. The Labute approximate surface area is 164 Å². The van der Waals surface area contributed by atoms with Gasteiger partial charge in [0.25, 0.3) is 0 Å². The lowest BCUT2D eigenvalue weighted by Gasteiger charge is -2.07. The third kappa shape index (κ3) is 5.56. The van der Waals surface area contributed by atoms with E-state index >= 15 is 0 Å². The fraction of sp³-hybridized carbons (Fsp3) is 0.250. The Hall–Kier alpha value is -3.42. The molecular formula is C16H11F6N5O3. The molecule has 30 heavy (non-hydrogen) atoms. The van der Waals surface area contributed by atoms with Crippen LogP contribution in [0.1, 0.15) is 11.4 Å². The van der Waals surface area contributed by atoms with Gasteiger partial charge >= 0.3 is 19.2 Å². The zero-order valence-corrected chi connectivity index (χ0v) is 14.7. The number of alkyl halides is 4. The van der Waals surface area contributed by atoms with Gasteiger partial charge in [-0.3, -0.25) is 0 Å². The zero-order chi connectivity index (χ0) is 21.7. The van der Waals surface area contributed by atoms with Gasteiger partial charge in [0, 0.05) is 6.07 Å². The van der Waals surface area contributed by atoms with Crippen LogP contribution in [0, 0.1) is 11.6 Å². The van der Waals surface area contributed by atoms with Gasteiger partial charge in [-0.1, -0.05) is 5.21 Å². The topological polar surface area (TPSA) is 84.2 Å². The molecule has 0 aliphatic carbocycles. The number of rotatable bonds is 9. The summed E-state index contributed by atoms with van der Waals surface area (Å²) < 4.78 is 90.2. The standard InChI is InChI=1S/C16H11F6N5O3/c17-10-2-1-9(3-13(10)30-15(21)22)27-5-8(25-26-27)6-29-16-23-4-11(18)12(24-16)7-28-14(19)20/h1-5,14-15H,6-7H2. The van der Waals surface area contributed by atoms with E-state index in [1.54, 1.807) is 0 Å². The molecule has 0 N–H and O–H groups in total. The molecule has 0 bridgehead atoms. The lowest BCUT2D eigenvalue weighted by molar-refractivity contribution is -0.138. The third-order valence-electron chi connectivity index (χ3n) is 3.43. The number of hydrogen-bond donors (Lipinski definition) is 0. The van der Waals surface area contributed by atoms with Crippen molar-refractivity contribution in [3.8, 4) is 17.4 Å². The molecule has 1 aromatic carbocycles. The van der Waals surface area contributed by atoms with Gasteiger partial charge in [-0.2, -0.15) is 22.5 Å². The second kappa shape index (κ2) is 9.39. The van der Waals surface area contributed by atoms with E-state index in [2.05, 4.69) is 29.8 Å². The fourth-order valence-corrected chi connectivity index (χ4v) is 2.15. The molecule has 0 spiro atoms. The van der Waals surface area contributed by atoms with E-state index in [9.17, 15) is 26.3 Å². The Morgan fingerprint density at radius 3 is 2.53 bits per heavy atom. The molecule has 0 fully saturated rings. The first-order valence-electron chi connectivity index (χ1n) is 8.01. The molecule has 0 aliphatic rings. The average molecular weight is 435 g/mol. The molecule has 3 rings (SSSR count). The third-order valence-corrected chi connectivity index (χ3v) is 3.43. The van der Waals surface area contributed by atoms with Crippen LogP contribution < -0.4 is 9.47 Å². The summed E-state index contributed by atoms with van der Waals surface area (Å²) in [5.41, 5.74) is -0.0361. The number of benzene rings is 1. The molecular weight excluding hydrogens is 424 g/mol. The highest BCUT2D eigenvalue weighted by Crippen LogP contribution is 2.23. The molecule has 0 radical (unpaired) electrons. The monoisotopic (exact) mass is 435 g/mol. The van der Waals surface area contributed by atoms with Gasteiger partial charge in [0.1, 0.15) is 18.0 Å². The van der Waals surface area contributed by atoms with E-state index in [1.165, 1.54) is 12.3 Å². The Morgan fingerprint density at radius 1 is 1.00 bits per heavy atom. The lowest BCUT2D eigenvalue weighted by atomic mass is 10.3. The van der Waals surface area contributed by atoms with Crippen molar-refractivity contribution in [1.82, 2.24) is 25.0 Å². The molecule has 14 heteroatoms. The molecule has 0 unspecified atom stereocenters. The number of ether oxygens (including phenoxy) is 3. The second-order valence-corrected chi connectivity index (χ2v) is 5.46. The van der Waals surface area contributed by atoms with Gasteiger partial charge in [-0.25, -0.2) is 18.4 Å². The van der Waals surface area contributed by atoms with E-state index in [0.29, 0.717) is 0 Å². The first kappa shape index (κ1) is 21.3. The number of aromatic nitrogens is 5. The van der Waals surface area contributed by atoms with Gasteiger partial charge in [-0.15, -0.1) is 5.10 Å². The molecule has 2 aromatic heterocycles. The molecule has 0 saturated heterocycles. The summed E-state index contributed by atoms with van der Waals surface area (Å²) in [6.07, 6.45) is 2.07. The van der Waals surface area contributed by atoms with Crippen LogP contribution in [0.4, 0.5) is 26.3 Å². The highest BCUT2D eigenvalue weighted by Gasteiger charge is 2.14. The number of nitrogens with zero attached hydrogens (tertiary/aromatic N) is 5. The summed E-state index contributed by atoms with van der Waals surface area (Å²) in [6.45, 7) is -7.34. The Morgan fingerprint density at radius 2 is 1.80 bits per heavy atom. The van der Waals surface area contributed by atoms with Crippen molar-refractivity contribution in [3.63, 3.8) is 0 Å². The summed E-state index contributed by atoms with van der Waals surface area (Å²) >= 11 is 0. The molecule has 8 nitrogen and oxygen atoms in total. The van der Waals surface area contributed by atoms with E-state index < -0.39 is 42.9 Å². The van der Waals surface area contributed by atoms with Crippen molar-refractivity contribution < 1.29 is 40.6 Å². The number of halogens is 6. The lowest BCUT2D eigenvalue weighted by Crippen LogP contribution is -2.07. The predicted molar refractivity (Wildman–Crippen MR) is 85.1 cm³/mol. The van der Waals surface area contributed by atoms with Crippen molar-refractivity contribution in [1.29, 1.82) is 0 Å². The number of hydrogen-bond acceptors (Lipinski definition) is 7. The summed E-state index contributed by atoms with van der Waals surface area (Å²) in [4.78, 5) is 7.18. The Kier molecular flexibility index (Phi) is 6.66. The smallest absolute Gasteiger partial charge is 0.387 e. The maximum atomic E-state index is 13.5. The molecule has 160 valence electrons. The van der Waals surface area contributed by atoms with Crippen LogP contribution >= 0.6 is 0 Å². The fourth-order valence-electron chi connectivity index (χ4n) is 2.15. The van der Waals surface area contributed by atoms with Crippen LogP contribution in [0.15, 0.2) is 30.6 Å². The minimum atomic E-state index is -3.21. The molecule has 2 heterocycles. The van der Waals surface area contributed by atoms with Crippen LogP contribution in [-0.2, 0) is 18.0 Å². The van der Waals surface area contributed by atoms with Crippen molar-refractivity contribution in [2.24, 2.45) is 0 Å². The van der Waals surface area contributed by atoms with E-state index in [0.717, 1.165) is 23.0 Å². The van der Waals surface area contributed by atoms with Crippen molar-refractivity contribution in [3.05, 3.63) is 53.6 Å². The highest BCUT2D eigenvalue weighted by molar-refractivity contribution is 5.39. The van der Waals surface area contributed by atoms with Crippen LogP contribution in [0.2, 0.25) is 0 Å². The quantitative estimate of drug-likeness (QED) is 0.477. The predicted octanol–water partition coefficient (Wildman–Crippen LogP) is 3.26. The van der Waals surface area contributed by atoms with Gasteiger partial charge in [0.2, 0.25) is 0 Å². The highest BCUT2D eigenvalue weighted by atomic mass is 19.3. The average Bonchev–Trinajstić information content (AvgIpc) is 3.16. The van der Waals surface area contributed by atoms with E-state index in [-0.39, 0.29) is 24.0 Å². The minimum Gasteiger partial charge on any atom is -0.457 e. The van der Waals surface area contributed by atoms with Crippen LogP contribution in [0.25, 0.3) is 5.69 Å². The van der Waals surface area contributed by atoms with Crippen LogP contribution in [0.5, 0.6) is 11.8 Å². The molecule has 0 aliphatic heterocycles. The van der Waals surface area contributed by atoms with Crippen molar-refractivity contribution in [2.75, 3.05) is 0 Å². The van der Waals surface area contributed by atoms with Gasteiger partial charge in [-0.05, 0) is 12.1 Å². The molecule has 0 atom stereocenters. The maximum absolute atomic E-state index is 13.5. The summed E-state index contributed by atoms with van der Waals surface area (Å²) in [5.74, 6) is -2.61. The molecule has 0 amide bonds. The van der Waals surface area contributed by atoms with Gasteiger partial charge < -0.3 is 14.2 Å². The second-order valence-electron chi connectivity index (χ2n) is 5.46. The Bertz CT molecular complexity index is 1000. The van der Waals surface area contributed by atoms with E-state index in [1.807, 2.05) is 0 Å². The van der Waals surface area contributed by atoms with Crippen molar-refractivity contribution in [2.45, 2.75) is 26.4 Å². The normalized spacial score (nSPS) is 11.3. The van der Waals surface area contributed by atoms with E-state index in [4.69, 9.17) is 4.74 Å². The van der Waals surface area contributed by atoms with Gasteiger partial charge in [0.05, 0.1) is 24.7 Å². The zero-order valence-electron chi connectivity index (χ0n) is 14.7. The van der Waals surface area contributed by atoms with Crippen LogP contribution in [-0.4, -0.2) is 38.2 Å². The summed E-state index contributed by atoms with van der Waals surface area (Å²) in [5, 5.41) is 7.52. The van der Waals surface area contributed by atoms with Crippen molar-refractivity contribution >= 4 is 0 Å². The first-order chi connectivity index (χ1) is 14.3. The molecule has 3 aromatic rings. The minimum absolute atomic E-state index is 0.176. The van der Waals surface area contributed by atoms with Crippen LogP contribution in [0.3, 0.4) is 0 Å².